The molecule has 160 valence electrons. The van der Waals surface area contributed by atoms with Gasteiger partial charge in [0.1, 0.15) is 12.4 Å². The maximum Gasteiger partial charge on any atom is 0.248 e. The molecule has 1 fully saturated rings. The predicted octanol–water partition coefficient (Wildman–Crippen LogP) is 1.14. The Bertz CT molecular complexity index is 703. The highest BCUT2D eigenvalue weighted by atomic mass is 16.5. The van der Waals surface area contributed by atoms with Gasteiger partial charge in [0, 0.05) is 39.6 Å². The third-order valence-electron chi connectivity index (χ3n) is 5.06. The van der Waals surface area contributed by atoms with E-state index in [4.69, 9.17) is 9.47 Å². The minimum Gasteiger partial charge on any atom is -0.497 e. The molecule has 0 radical (unpaired) electrons. The minimum atomic E-state index is -0.428. The van der Waals surface area contributed by atoms with Crippen molar-refractivity contribution in [1.29, 1.82) is 0 Å². The lowest BCUT2D eigenvalue weighted by Crippen LogP contribution is -2.41. The van der Waals surface area contributed by atoms with Gasteiger partial charge in [0.05, 0.1) is 19.8 Å². The molecule has 1 aliphatic rings. The van der Waals surface area contributed by atoms with E-state index in [0.717, 1.165) is 11.3 Å². The Morgan fingerprint density at radius 2 is 1.79 bits per heavy atom. The van der Waals surface area contributed by atoms with E-state index in [2.05, 4.69) is 0 Å². The van der Waals surface area contributed by atoms with Crippen molar-refractivity contribution in [2.75, 3.05) is 46.4 Å². The lowest BCUT2D eigenvalue weighted by atomic mass is 10.2. The van der Waals surface area contributed by atoms with Crippen molar-refractivity contribution in [2.45, 2.75) is 33.4 Å². The van der Waals surface area contributed by atoms with Crippen LogP contribution in [-0.2, 0) is 25.7 Å². The van der Waals surface area contributed by atoms with Gasteiger partial charge in [-0.2, -0.15) is 0 Å². The van der Waals surface area contributed by atoms with E-state index < -0.39 is 6.10 Å². The van der Waals surface area contributed by atoms with Gasteiger partial charge < -0.3 is 24.2 Å². The highest BCUT2D eigenvalue weighted by molar-refractivity contribution is 5.84. The number of hydrogen-bond donors (Lipinski definition) is 0. The fourth-order valence-corrected chi connectivity index (χ4v) is 3.29. The summed E-state index contributed by atoms with van der Waals surface area (Å²) in [4.78, 5) is 41.8. The van der Waals surface area contributed by atoms with Crippen molar-refractivity contribution < 1.29 is 23.9 Å². The Kier molecular flexibility index (Phi) is 8.45. The number of methoxy groups -OCH3 is 1. The molecule has 1 saturated heterocycles. The summed E-state index contributed by atoms with van der Waals surface area (Å²) in [5.41, 5.74) is 0.952. The molecular formula is C21H31N3O5. The van der Waals surface area contributed by atoms with Crippen LogP contribution in [0.15, 0.2) is 24.3 Å². The SMILES string of the molecule is CCN(CC)C(=O)COC1CN(C(C)=O)CC(=O)N(Cc2ccc(OC)cc2)C1. The van der Waals surface area contributed by atoms with Crippen molar-refractivity contribution in [2.24, 2.45) is 0 Å². The number of benzene rings is 1. The number of nitrogens with zero attached hydrogens (tertiary/aromatic N) is 3. The Labute approximate surface area is 172 Å². The first-order valence-electron chi connectivity index (χ1n) is 9.93. The summed E-state index contributed by atoms with van der Waals surface area (Å²) in [6, 6.07) is 7.49. The molecule has 0 bridgehead atoms. The first kappa shape index (κ1) is 22.7. The second kappa shape index (κ2) is 10.8. The molecule has 0 spiro atoms. The number of rotatable bonds is 8. The molecule has 0 aliphatic carbocycles. The summed E-state index contributed by atoms with van der Waals surface area (Å²) in [7, 11) is 1.60. The van der Waals surface area contributed by atoms with Gasteiger partial charge in [-0.1, -0.05) is 12.1 Å². The summed E-state index contributed by atoms with van der Waals surface area (Å²) < 4.78 is 11.0. The Morgan fingerprint density at radius 3 is 2.34 bits per heavy atom. The first-order chi connectivity index (χ1) is 13.9. The minimum absolute atomic E-state index is 0.00927. The highest BCUT2D eigenvalue weighted by Crippen LogP contribution is 2.16. The third-order valence-corrected chi connectivity index (χ3v) is 5.06. The van der Waals surface area contributed by atoms with Crippen LogP contribution in [0.4, 0.5) is 0 Å². The topological polar surface area (TPSA) is 79.4 Å². The van der Waals surface area contributed by atoms with Gasteiger partial charge in [-0.15, -0.1) is 0 Å². The zero-order valence-electron chi connectivity index (χ0n) is 17.7. The summed E-state index contributed by atoms with van der Waals surface area (Å²) in [5, 5.41) is 0. The smallest absolute Gasteiger partial charge is 0.248 e. The van der Waals surface area contributed by atoms with Crippen LogP contribution < -0.4 is 4.74 Å². The second-order valence-electron chi connectivity index (χ2n) is 7.02. The monoisotopic (exact) mass is 405 g/mol. The molecule has 0 N–H and O–H groups in total. The van der Waals surface area contributed by atoms with Crippen molar-refractivity contribution in [1.82, 2.24) is 14.7 Å². The van der Waals surface area contributed by atoms with E-state index in [1.165, 1.54) is 11.8 Å². The molecule has 3 amide bonds. The van der Waals surface area contributed by atoms with E-state index in [1.807, 2.05) is 38.1 Å². The van der Waals surface area contributed by atoms with Crippen molar-refractivity contribution >= 4 is 17.7 Å². The van der Waals surface area contributed by atoms with Crippen LogP contribution in [0.5, 0.6) is 5.75 Å². The number of carbonyl (C=O) groups excluding carboxylic acids is 3. The third kappa shape index (κ3) is 6.45. The molecule has 1 aliphatic heterocycles. The van der Waals surface area contributed by atoms with Crippen LogP contribution >= 0.6 is 0 Å². The second-order valence-corrected chi connectivity index (χ2v) is 7.02. The van der Waals surface area contributed by atoms with Crippen LogP contribution in [0.3, 0.4) is 0 Å². The normalized spacial score (nSPS) is 17.1. The largest absolute Gasteiger partial charge is 0.497 e. The number of amides is 3. The average molecular weight is 405 g/mol. The standard InChI is InChI=1S/C21H31N3O5/c1-5-22(6-2)21(27)15-29-19-12-23(16(3)25)14-20(26)24(13-19)11-17-7-9-18(28-4)10-8-17/h7-10,19H,5-6,11-15H2,1-4H3. The molecule has 0 saturated carbocycles. The molecule has 1 heterocycles. The molecule has 8 heteroatoms. The summed E-state index contributed by atoms with van der Waals surface area (Å²) in [5.74, 6) is 0.321. The quantitative estimate of drug-likeness (QED) is 0.648. The van der Waals surface area contributed by atoms with Crippen LogP contribution in [-0.4, -0.2) is 85.0 Å². The van der Waals surface area contributed by atoms with Gasteiger partial charge in [-0.05, 0) is 31.5 Å². The van der Waals surface area contributed by atoms with Gasteiger partial charge in [0.25, 0.3) is 0 Å². The van der Waals surface area contributed by atoms with Gasteiger partial charge in [0.2, 0.25) is 17.7 Å². The van der Waals surface area contributed by atoms with Crippen LogP contribution in [0, 0.1) is 0 Å². The Morgan fingerprint density at radius 1 is 1.14 bits per heavy atom. The van der Waals surface area contributed by atoms with Crippen molar-refractivity contribution in [3.05, 3.63) is 29.8 Å². The molecule has 1 atom stereocenters. The van der Waals surface area contributed by atoms with Crippen molar-refractivity contribution in [3.8, 4) is 5.75 Å². The maximum atomic E-state index is 12.7. The lowest BCUT2D eigenvalue weighted by Gasteiger charge is -2.26. The highest BCUT2D eigenvalue weighted by Gasteiger charge is 2.30. The van der Waals surface area contributed by atoms with E-state index >= 15 is 0 Å². The van der Waals surface area contributed by atoms with Crippen LogP contribution in [0.25, 0.3) is 0 Å². The lowest BCUT2D eigenvalue weighted by molar-refractivity contribution is -0.139. The number of hydrogen-bond acceptors (Lipinski definition) is 5. The summed E-state index contributed by atoms with van der Waals surface area (Å²) >= 11 is 0. The molecule has 29 heavy (non-hydrogen) atoms. The van der Waals surface area contributed by atoms with Gasteiger partial charge in [-0.3, -0.25) is 14.4 Å². The van der Waals surface area contributed by atoms with Gasteiger partial charge >= 0.3 is 0 Å². The van der Waals surface area contributed by atoms with E-state index in [-0.39, 0.29) is 37.4 Å². The van der Waals surface area contributed by atoms with E-state index in [9.17, 15) is 14.4 Å². The zero-order chi connectivity index (χ0) is 21.4. The van der Waals surface area contributed by atoms with Gasteiger partial charge in [0.15, 0.2) is 0 Å². The first-order valence-corrected chi connectivity index (χ1v) is 9.93. The molecule has 1 unspecified atom stereocenters. The molecule has 0 aromatic heterocycles. The van der Waals surface area contributed by atoms with Crippen molar-refractivity contribution in [3.63, 3.8) is 0 Å². The Hall–Kier alpha value is -2.61. The molecule has 2 rings (SSSR count). The average Bonchev–Trinajstić information content (AvgIpc) is 2.87. The zero-order valence-corrected chi connectivity index (χ0v) is 17.7. The molecular weight excluding hydrogens is 374 g/mol. The summed E-state index contributed by atoms with van der Waals surface area (Å²) in [6.45, 7) is 7.45. The van der Waals surface area contributed by atoms with E-state index in [1.54, 1.807) is 16.9 Å². The number of ether oxygens (including phenoxy) is 2. The fourth-order valence-electron chi connectivity index (χ4n) is 3.29. The van der Waals surface area contributed by atoms with Crippen LogP contribution in [0.1, 0.15) is 26.3 Å². The predicted molar refractivity (Wildman–Crippen MR) is 108 cm³/mol. The molecule has 1 aromatic rings. The molecule has 1 aromatic carbocycles. The summed E-state index contributed by atoms with van der Waals surface area (Å²) in [6.07, 6.45) is -0.428. The fraction of sp³-hybridized carbons (Fsp3) is 0.571. The van der Waals surface area contributed by atoms with Crippen LogP contribution in [0.2, 0.25) is 0 Å². The number of likely N-dealkylation sites (N-methyl/N-ethyl adjacent to an activating group) is 1. The maximum absolute atomic E-state index is 12.7. The molecule has 8 nitrogen and oxygen atoms in total. The Balaban J connectivity index is 2.09. The number of carbonyl (C=O) groups is 3. The van der Waals surface area contributed by atoms with E-state index in [0.29, 0.717) is 26.2 Å². The van der Waals surface area contributed by atoms with Gasteiger partial charge in [-0.25, -0.2) is 0 Å².